The fraction of sp³-hybridized carbons (Fsp3) is 0.238. The molecule has 3 rings (SSSR count). The van der Waals surface area contributed by atoms with Gasteiger partial charge in [-0.3, -0.25) is 4.79 Å². The van der Waals surface area contributed by atoms with Crippen LogP contribution in [0.5, 0.6) is 17.2 Å². The first-order chi connectivity index (χ1) is 13.0. The second-order valence-electron chi connectivity index (χ2n) is 5.88. The van der Waals surface area contributed by atoms with Gasteiger partial charge in [0.1, 0.15) is 17.2 Å². The van der Waals surface area contributed by atoms with E-state index in [0.29, 0.717) is 23.7 Å². The molecule has 1 aliphatic heterocycles. The molecule has 0 amide bonds. The van der Waals surface area contributed by atoms with Crippen molar-refractivity contribution in [2.75, 3.05) is 13.7 Å². The van der Waals surface area contributed by atoms with Crippen molar-refractivity contribution in [3.05, 3.63) is 59.4 Å². The Hall–Kier alpha value is -3.28. The molecule has 0 spiro atoms. The van der Waals surface area contributed by atoms with Crippen LogP contribution in [0.1, 0.15) is 29.8 Å². The highest BCUT2D eigenvalue weighted by Gasteiger charge is 2.28. The number of benzene rings is 2. The number of allylic oxidation sites excluding steroid dienone is 1. The maximum absolute atomic E-state index is 12.5. The van der Waals surface area contributed by atoms with Crippen LogP contribution in [0, 0.1) is 0 Å². The minimum absolute atomic E-state index is 0.202. The summed E-state index contributed by atoms with van der Waals surface area (Å²) in [6, 6.07) is 12.2. The summed E-state index contributed by atoms with van der Waals surface area (Å²) < 4.78 is 21.3. The van der Waals surface area contributed by atoms with Crippen LogP contribution in [0.3, 0.4) is 0 Å². The third kappa shape index (κ3) is 4.11. The molecule has 6 heteroatoms. The molecule has 2 aromatic rings. The zero-order valence-corrected chi connectivity index (χ0v) is 15.4. The molecule has 0 saturated carbocycles. The highest BCUT2D eigenvalue weighted by molar-refractivity contribution is 6.14. The molecule has 0 aromatic heterocycles. The molecule has 0 fully saturated rings. The molecule has 0 N–H and O–H groups in total. The first-order valence-corrected chi connectivity index (χ1v) is 8.57. The molecule has 6 nitrogen and oxygen atoms in total. The maximum Gasteiger partial charge on any atom is 0.346 e. The second-order valence-corrected chi connectivity index (χ2v) is 5.88. The SMILES string of the molecule is CCOc1ccc(/C=C2\Oc3cc(O[C@@H](C)C(=O)OC)ccc3C2=O)cc1. The fourth-order valence-electron chi connectivity index (χ4n) is 2.64. The van der Waals surface area contributed by atoms with Gasteiger partial charge in [0.2, 0.25) is 5.78 Å². The number of Topliss-reactive ketones (excluding diaryl/α,β-unsaturated/α-hetero) is 1. The molecule has 1 aliphatic rings. The number of hydrogen-bond donors (Lipinski definition) is 0. The number of ether oxygens (including phenoxy) is 4. The highest BCUT2D eigenvalue weighted by atomic mass is 16.6. The molecular weight excluding hydrogens is 348 g/mol. The average molecular weight is 368 g/mol. The first kappa shape index (κ1) is 18.5. The predicted octanol–water partition coefficient (Wildman–Crippen LogP) is 3.64. The summed E-state index contributed by atoms with van der Waals surface area (Å²) in [5, 5.41) is 0. The maximum atomic E-state index is 12.5. The predicted molar refractivity (Wildman–Crippen MR) is 99.1 cm³/mol. The summed E-state index contributed by atoms with van der Waals surface area (Å²) in [6.45, 7) is 4.10. The van der Waals surface area contributed by atoms with Crippen molar-refractivity contribution in [3.8, 4) is 17.2 Å². The Labute approximate surface area is 157 Å². The second kappa shape index (κ2) is 7.95. The fourth-order valence-corrected chi connectivity index (χ4v) is 2.64. The van der Waals surface area contributed by atoms with Gasteiger partial charge in [-0.15, -0.1) is 0 Å². The first-order valence-electron chi connectivity index (χ1n) is 8.57. The number of methoxy groups -OCH3 is 1. The molecule has 27 heavy (non-hydrogen) atoms. The number of esters is 1. The smallest absolute Gasteiger partial charge is 0.346 e. The average Bonchev–Trinajstić information content (AvgIpc) is 2.97. The van der Waals surface area contributed by atoms with E-state index in [0.717, 1.165) is 11.3 Å². The van der Waals surface area contributed by atoms with Gasteiger partial charge in [-0.25, -0.2) is 4.79 Å². The van der Waals surface area contributed by atoms with Crippen molar-refractivity contribution in [1.29, 1.82) is 0 Å². The van der Waals surface area contributed by atoms with E-state index in [1.165, 1.54) is 7.11 Å². The van der Waals surface area contributed by atoms with Crippen LogP contribution in [-0.2, 0) is 9.53 Å². The molecule has 0 radical (unpaired) electrons. The normalized spacial score (nSPS) is 15.1. The quantitative estimate of drug-likeness (QED) is 0.573. The molecule has 0 saturated heterocycles. The van der Waals surface area contributed by atoms with E-state index in [1.54, 1.807) is 31.2 Å². The van der Waals surface area contributed by atoms with E-state index in [1.807, 2.05) is 31.2 Å². The van der Waals surface area contributed by atoms with Gasteiger partial charge in [-0.2, -0.15) is 0 Å². The molecule has 0 unspecified atom stereocenters. The molecule has 0 aliphatic carbocycles. The zero-order chi connectivity index (χ0) is 19.4. The van der Waals surface area contributed by atoms with Gasteiger partial charge in [0.15, 0.2) is 11.9 Å². The lowest BCUT2D eigenvalue weighted by Gasteiger charge is -2.12. The topological polar surface area (TPSA) is 71.1 Å². The van der Waals surface area contributed by atoms with Crippen LogP contribution < -0.4 is 14.2 Å². The highest BCUT2D eigenvalue weighted by Crippen LogP contribution is 2.35. The number of ketones is 1. The monoisotopic (exact) mass is 368 g/mol. The van der Waals surface area contributed by atoms with Crippen LogP contribution in [0.4, 0.5) is 0 Å². The lowest BCUT2D eigenvalue weighted by Crippen LogP contribution is -2.24. The van der Waals surface area contributed by atoms with E-state index in [-0.39, 0.29) is 11.5 Å². The van der Waals surface area contributed by atoms with Crippen molar-refractivity contribution in [1.82, 2.24) is 0 Å². The van der Waals surface area contributed by atoms with Gasteiger partial charge in [0.05, 0.1) is 19.3 Å². The lowest BCUT2D eigenvalue weighted by molar-refractivity contribution is -0.147. The summed E-state index contributed by atoms with van der Waals surface area (Å²) in [7, 11) is 1.30. The Kier molecular flexibility index (Phi) is 5.45. The Morgan fingerprint density at radius 2 is 1.85 bits per heavy atom. The number of hydrogen-bond acceptors (Lipinski definition) is 6. The number of fused-ring (bicyclic) bond motifs is 1. The van der Waals surface area contributed by atoms with Crippen molar-refractivity contribution < 1.29 is 28.5 Å². The van der Waals surface area contributed by atoms with Crippen LogP contribution in [-0.4, -0.2) is 31.6 Å². The van der Waals surface area contributed by atoms with E-state index >= 15 is 0 Å². The Morgan fingerprint density at radius 3 is 2.52 bits per heavy atom. The van der Waals surface area contributed by atoms with Crippen LogP contribution in [0.15, 0.2) is 48.2 Å². The molecule has 1 atom stereocenters. The van der Waals surface area contributed by atoms with Gasteiger partial charge in [-0.05, 0) is 49.8 Å². The van der Waals surface area contributed by atoms with Crippen LogP contribution in [0.25, 0.3) is 6.08 Å². The summed E-state index contributed by atoms with van der Waals surface area (Å²) in [5.74, 6) is 1.12. The standard InChI is InChI=1S/C21H20O6/c1-4-25-15-7-5-14(6-8-15)11-19-20(22)17-10-9-16(12-18(17)27-19)26-13(2)21(23)24-3/h5-13H,4H2,1-3H3/b19-11-/t13-/m0/s1. The van der Waals surface area contributed by atoms with Crippen molar-refractivity contribution in [2.24, 2.45) is 0 Å². The number of carbonyl (C=O) groups is 2. The summed E-state index contributed by atoms with van der Waals surface area (Å²) in [4.78, 5) is 24.0. The van der Waals surface area contributed by atoms with Gasteiger partial charge < -0.3 is 18.9 Å². The minimum atomic E-state index is -0.760. The summed E-state index contributed by atoms with van der Waals surface area (Å²) in [5.41, 5.74) is 1.27. The van der Waals surface area contributed by atoms with Crippen molar-refractivity contribution in [3.63, 3.8) is 0 Å². The van der Waals surface area contributed by atoms with Gasteiger partial charge in [-0.1, -0.05) is 12.1 Å². The van der Waals surface area contributed by atoms with Crippen molar-refractivity contribution >= 4 is 17.8 Å². The summed E-state index contributed by atoms with van der Waals surface area (Å²) >= 11 is 0. The lowest BCUT2D eigenvalue weighted by atomic mass is 10.1. The molecule has 0 bridgehead atoms. The van der Waals surface area contributed by atoms with Gasteiger partial charge in [0.25, 0.3) is 0 Å². The third-order valence-electron chi connectivity index (χ3n) is 3.98. The summed E-state index contributed by atoms with van der Waals surface area (Å²) in [6.07, 6.45) is 0.916. The molecular formula is C21H20O6. The number of carbonyl (C=O) groups excluding carboxylic acids is 2. The Balaban J connectivity index is 1.77. The Morgan fingerprint density at radius 1 is 1.15 bits per heavy atom. The largest absolute Gasteiger partial charge is 0.494 e. The van der Waals surface area contributed by atoms with Gasteiger partial charge >= 0.3 is 5.97 Å². The van der Waals surface area contributed by atoms with E-state index in [2.05, 4.69) is 4.74 Å². The minimum Gasteiger partial charge on any atom is -0.494 e. The van der Waals surface area contributed by atoms with Crippen molar-refractivity contribution in [2.45, 2.75) is 20.0 Å². The van der Waals surface area contributed by atoms with E-state index < -0.39 is 12.1 Å². The molecule has 140 valence electrons. The van der Waals surface area contributed by atoms with Crippen LogP contribution in [0.2, 0.25) is 0 Å². The van der Waals surface area contributed by atoms with E-state index in [4.69, 9.17) is 14.2 Å². The Bertz CT molecular complexity index is 882. The third-order valence-corrected chi connectivity index (χ3v) is 3.98. The van der Waals surface area contributed by atoms with E-state index in [9.17, 15) is 9.59 Å². The van der Waals surface area contributed by atoms with Crippen LogP contribution >= 0.6 is 0 Å². The molecule has 1 heterocycles. The molecule has 2 aromatic carbocycles. The van der Waals surface area contributed by atoms with Gasteiger partial charge in [0, 0.05) is 6.07 Å². The zero-order valence-electron chi connectivity index (χ0n) is 15.4. The number of rotatable bonds is 6.